The van der Waals surface area contributed by atoms with Crippen molar-refractivity contribution < 1.29 is 23.7 Å². The number of carbonyl (C=O) groups is 1. The number of carbonyl (C=O) groups excluding carboxylic acids is 1. The average molecular weight is 404 g/mol. The number of aliphatic hydroxyl groups is 1. The molecule has 10 heteroatoms. The number of hydrogen-bond donors (Lipinski definition) is 5. The van der Waals surface area contributed by atoms with Gasteiger partial charge in [0.2, 0.25) is 0 Å². The van der Waals surface area contributed by atoms with Crippen molar-refractivity contribution in [2.45, 2.75) is 42.4 Å². The fourth-order valence-electron chi connectivity index (χ4n) is 2.18. The number of aromatic nitrogens is 1. The minimum atomic E-state index is -3.53. The van der Waals surface area contributed by atoms with Gasteiger partial charge in [-0.1, -0.05) is 23.7 Å². The van der Waals surface area contributed by atoms with E-state index in [9.17, 15) is 19.0 Å². The summed E-state index contributed by atoms with van der Waals surface area (Å²) in [5.74, 6) is 5.25. The molecule has 1 aromatic carbocycles. The van der Waals surface area contributed by atoms with Crippen LogP contribution in [0.2, 0.25) is 5.02 Å². The Morgan fingerprint density at radius 3 is 2.50 bits per heavy atom. The van der Waals surface area contributed by atoms with Gasteiger partial charge in [-0.25, -0.2) is 10.2 Å². The van der Waals surface area contributed by atoms with Crippen molar-refractivity contribution in [3.8, 4) is 0 Å². The molecule has 0 aliphatic carbocycles. The van der Waals surface area contributed by atoms with Gasteiger partial charge >= 0.3 is 6.09 Å². The number of nitrogens with zero attached hydrogens (tertiary/aromatic N) is 1. The maximum atomic E-state index is 12.4. The minimum Gasteiger partial charge on any atom is -0.443 e. The smallest absolute Gasteiger partial charge is 0.418 e. The van der Waals surface area contributed by atoms with Gasteiger partial charge < -0.3 is 9.84 Å². The summed E-state index contributed by atoms with van der Waals surface area (Å²) in [6, 6.07) is 7.51. The first-order valence-electron chi connectivity index (χ1n) is 7.60. The Morgan fingerprint density at radius 1 is 1.35 bits per heavy atom. The van der Waals surface area contributed by atoms with Crippen LogP contribution in [0.1, 0.15) is 32.7 Å². The van der Waals surface area contributed by atoms with E-state index in [1.807, 2.05) is 0 Å². The van der Waals surface area contributed by atoms with E-state index in [1.54, 1.807) is 32.9 Å². The highest BCUT2D eigenvalue weighted by molar-refractivity contribution is 8.24. The Balaban J connectivity index is 2.54. The summed E-state index contributed by atoms with van der Waals surface area (Å²) in [4.78, 5) is 12.5. The number of hydrazine groups is 1. The van der Waals surface area contributed by atoms with Crippen molar-refractivity contribution in [3.05, 3.63) is 47.2 Å². The first-order chi connectivity index (χ1) is 12.0. The van der Waals surface area contributed by atoms with E-state index in [4.69, 9.17) is 22.2 Å². The van der Waals surface area contributed by atoms with E-state index >= 15 is 0 Å². The summed E-state index contributed by atoms with van der Waals surface area (Å²) in [6.45, 7) is 5.05. The van der Waals surface area contributed by atoms with Crippen LogP contribution in [0.4, 0.5) is 4.79 Å². The maximum Gasteiger partial charge on any atom is 0.418 e. The predicted molar refractivity (Wildman–Crippen MR) is 99.2 cm³/mol. The minimum absolute atomic E-state index is 0.0104. The summed E-state index contributed by atoms with van der Waals surface area (Å²) < 4.78 is 27.6. The lowest BCUT2D eigenvalue weighted by Crippen LogP contribution is -2.32. The zero-order valence-electron chi connectivity index (χ0n) is 14.5. The van der Waals surface area contributed by atoms with Gasteiger partial charge in [-0.15, -0.1) is 10.6 Å². The molecule has 0 aliphatic rings. The van der Waals surface area contributed by atoms with Crippen LogP contribution in [0, 0.1) is 0 Å². The second-order valence-corrected chi connectivity index (χ2v) is 8.92. The van der Waals surface area contributed by atoms with E-state index in [1.165, 1.54) is 24.4 Å². The summed E-state index contributed by atoms with van der Waals surface area (Å²) in [6.07, 6.45) is -1.05. The number of aliphatic hydroxyl groups excluding tert-OH is 1. The van der Waals surface area contributed by atoms with Crippen LogP contribution in [-0.4, -0.2) is 30.5 Å². The summed E-state index contributed by atoms with van der Waals surface area (Å²) in [7, 11) is -3.53. The maximum absolute atomic E-state index is 12.4. The average Bonchev–Trinajstić information content (AvgIpc) is 2.99. The molecule has 0 radical (unpaired) electrons. The van der Waals surface area contributed by atoms with Gasteiger partial charge in [-0.3, -0.25) is 19.5 Å². The van der Waals surface area contributed by atoms with Gasteiger partial charge in [-0.05, 0) is 39.0 Å². The number of rotatable bonds is 4. The van der Waals surface area contributed by atoms with Crippen LogP contribution in [0.5, 0.6) is 0 Å². The molecule has 0 spiro atoms. The highest BCUT2D eigenvalue weighted by atomic mass is 35.5. The van der Waals surface area contributed by atoms with E-state index in [2.05, 4.69) is 5.43 Å². The summed E-state index contributed by atoms with van der Waals surface area (Å²) in [5.41, 5.74) is 1.31. The molecule has 1 aromatic heterocycles. The van der Waals surface area contributed by atoms with Gasteiger partial charge in [0, 0.05) is 6.20 Å². The lowest BCUT2D eigenvalue weighted by molar-refractivity contribution is 0.0503. The first-order valence-corrected chi connectivity index (χ1v) is 9.52. The van der Waals surface area contributed by atoms with Crippen molar-refractivity contribution in [2.75, 3.05) is 0 Å². The van der Waals surface area contributed by atoms with Crippen molar-refractivity contribution in [3.63, 3.8) is 0 Å². The topological polar surface area (TPSA) is 130 Å². The molecule has 0 saturated heterocycles. The monoisotopic (exact) mass is 403 g/mol. The van der Waals surface area contributed by atoms with Crippen molar-refractivity contribution in [2.24, 2.45) is 5.84 Å². The van der Waals surface area contributed by atoms with E-state index < -0.39 is 28.5 Å². The van der Waals surface area contributed by atoms with Crippen LogP contribution in [0.15, 0.2) is 46.3 Å². The molecule has 0 fully saturated rings. The predicted octanol–water partition coefficient (Wildman–Crippen LogP) is 3.55. The number of nitrogens with one attached hydrogen (secondary N) is 1. The SMILES string of the molecule is CC(C)(C)OC(=O)n1cc(S(O)(O)c2ccccc2Cl)cc1C(O)NN. The molecule has 1 atom stereocenters. The lowest BCUT2D eigenvalue weighted by Gasteiger charge is -2.32. The zero-order chi connectivity index (χ0) is 19.7. The molecule has 1 unspecified atom stereocenters. The fraction of sp³-hybridized carbons (Fsp3) is 0.312. The number of halogens is 1. The van der Waals surface area contributed by atoms with Crippen molar-refractivity contribution in [1.82, 2.24) is 9.99 Å². The third-order valence-electron chi connectivity index (χ3n) is 3.32. The zero-order valence-corrected chi connectivity index (χ0v) is 16.1. The Morgan fingerprint density at radius 2 is 1.96 bits per heavy atom. The van der Waals surface area contributed by atoms with Crippen LogP contribution in [0.3, 0.4) is 0 Å². The lowest BCUT2D eigenvalue weighted by atomic mass is 10.2. The normalized spacial score (nSPS) is 14.2. The fourth-order valence-corrected chi connectivity index (χ4v) is 4.04. The van der Waals surface area contributed by atoms with Gasteiger partial charge in [0.1, 0.15) is 5.60 Å². The van der Waals surface area contributed by atoms with Crippen LogP contribution >= 0.6 is 22.2 Å². The third kappa shape index (κ3) is 4.38. The second-order valence-electron chi connectivity index (χ2n) is 6.50. The van der Waals surface area contributed by atoms with Gasteiger partial charge in [-0.2, -0.15) is 0 Å². The highest BCUT2D eigenvalue weighted by Crippen LogP contribution is 2.58. The van der Waals surface area contributed by atoms with E-state index in [0.29, 0.717) is 0 Å². The Kier molecular flexibility index (Phi) is 6.03. The molecular weight excluding hydrogens is 382 g/mol. The second kappa shape index (κ2) is 7.57. The molecular formula is C16H22ClN3O5S. The summed E-state index contributed by atoms with van der Waals surface area (Å²) in [5, 5.41) is 10.2. The van der Waals surface area contributed by atoms with Crippen molar-refractivity contribution in [1.29, 1.82) is 0 Å². The largest absolute Gasteiger partial charge is 0.443 e. The van der Waals surface area contributed by atoms with Crippen LogP contribution < -0.4 is 11.3 Å². The molecule has 6 N–H and O–H groups in total. The van der Waals surface area contributed by atoms with E-state index in [-0.39, 0.29) is 20.5 Å². The van der Waals surface area contributed by atoms with E-state index in [0.717, 1.165) is 4.57 Å². The molecule has 2 rings (SSSR count). The van der Waals surface area contributed by atoms with Crippen LogP contribution in [-0.2, 0) is 4.74 Å². The Labute approximate surface area is 157 Å². The number of ether oxygens (including phenoxy) is 1. The standard InChI is InChI=1S/C16H22ClN3O5S/c1-16(2,3)25-15(22)20-9-10(8-12(20)14(21)19-18)26(23,24)13-7-5-4-6-11(13)17/h4-9,14,19,21,23-24H,18H2,1-3H3. The molecule has 0 amide bonds. The molecule has 0 aliphatic heterocycles. The molecule has 144 valence electrons. The molecule has 8 nitrogen and oxygen atoms in total. The number of benzene rings is 1. The highest BCUT2D eigenvalue weighted by Gasteiger charge is 2.29. The van der Waals surface area contributed by atoms with Crippen molar-refractivity contribution >= 4 is 28.3 Å². The molecule has 26 heavy (non-hydrogen) atoms. The van der Waals surface area contributed by atoms with Crippen LogP contribution in [0.25, 0.3) is 0 Å². The Hall–Kier alpha value is -1.59. The number of nitrogens with two attached hydrogens (primary N) is 1. The molecule has 0 saturated carbocycles. The Bertz CT molecular complexity index is 803. The molecule has 0 bridgehead atoms. The van der Waals surface area contributed by atoms with Gasteiger partial charge in [0.15, 0.2) is 6.23 Å². The summed E-state index contributed by atoms with van der Waals surface area (Å²) >= 11 is 6.07. The van der Waals surface area contributed by atoms with Gasteiger partial charge in [0.25, 0.3) is 0 Å². The molecule has 1 heterocycles. The third-order valence-corrected chi connectivity index (χ3v) is 5.62. The quantitative estimate of drug-likeness (QED) is 0.300. The number of hydrogen-bond acceptors (Lipinski definition) is 7. The molecule has 2 aromatic rings. The van der Waals surface area contributed by atoms with Gasteiger partial charge in [0.05, 0.1) is 20.5 Å². The first kappa shape index (κ1) is 20.7.